The third-order valence-electron chi connectivity index (χ3n) is 2.49. The second-order valence-electron chi connectivity index (χ2n) is 3.90. The molecule has 0 aliphatic rings. The number of nitrogens with two attached hydrogens (primary N) is 2. The van der Waals surface area contributed by atoms with Crippen molar-refractivity contribution in [3.63, 3.8) is 0 Å². The van der Waals surface area contributed by atoms with Gasteiger partial charge in [-0.2, -0.15) is 0 Å². The van der Waals surface area contributed by atoms with Gasteiger partial charge in [0.05, 0.1) is 4.90 Å². The van der Waals surface area contributed by atoms with Crippen molar-refractivity contribution in [1.82, 2.24) is 0 Å². The molecular weight excluding hydrogens is 264 g/mol. The van der Waals surface area contributed by atoms with Crippen LogP contribution in [-0.4, -0.2) is 13.9 Å². The van der Waals surface area contributed by atoms with Crippen LogP contribution >= 0.6 is 0 Å². The van der Waals surface area contributed by atoms with Crippen LogP contribution in [0.15, 0.2) is 59.5 Å². The van der Waals surface area contributed by atoms with Gasteiger partial charge in [-0.15, -0.1) is 0 Å². The summed E-state index contributed by atoms with van der Waals surface area (Å²) in [6.45, 7) is 0. The molecular formula is C13H14N2O3S. The van der Waals surface area contributed by atoms with Crippen LogP contribution in [0.3, 0.4) is 0 Å². The molecule has 2 rings (SSSR count). The Hall–Kier alpha value is -1.89. The zero-order valence-corrected chi connectivity index (χ0v) is 10.9. The van der Waals surface area contributed by atoms with Gasteiger partial charge in [-0.25, -0.2) is 8.42 Å². The van der Waals surface area contributed by atoms with E-state index in [1.54, 1.807) is 24.3 Å². The molecule has 0 saturated heterocycles. The highest BCUT2D eigenvalue weighted by Gasteiger charge is 2.19. The Morgan fingerprint density at radius 3 is 1.89 bits per heavy atom. The molecule has 0 amide bonds. The lowest BCUT2D eigenvalue weighted by atomic mass is 10.3. The van der Waals surface area contributed by atoms with Crippen molar-refractivity contribution in [2.75, 3.05) is 0 Å². The highest BCUT2D eigenvalue weighted by atomic mass is 32.2. The largest absolute Gasteiger partial charge is 0.457 e. The lowest BCUT2D eigenvalue weighted by Crippen LogP contribution is -2.39. The highest BCUT2D eigenvalue weighted by molar-refractivity contribution is 7.92. The summed E-state index contributed by atoms with van der Waals surface area (Å²) in [4.78, 5) is 0.0721. The van der Waals surface area contributed by atoms with Crippen molar-refractivity contribution in [3.8, 4) is 11.5 Å². The Morgan fingerprint density at radius 1 is 0.842 bits per heavy atom. The Labute approximate surface area is 111 Å². The van der Waals surface area contributed by atoms with Gasteiger partial charge in [0, 0.05) is 0 Å². The molecule has 5 nitrogen and oxygen atoms in total. The molecule has 0 unspecified atom stereocenters. The Kier molecular flexibility index (Phi) is 3.84. The van der Waals surface area contributed by atoms with Crippen molar-refractivity contribution < 1.29 is 13.2 Å². The van der Waals surface area contributed by atoms with E-state index >= 15 is 0 Å². The molecule has 19 heavy (non-hydrogen) atoms. The zero-order chi connectivity index (χ0) is 13.9. The fraction of sp³-hybridized carbons (Fsp3) is 0.0769. The zero-order valence-electron chi connectivity index (χ0n) is 10.1. The molecule has 0 fully saturated rings. The van der Waals surface area contributed by atoms with Crippen LogP contribution < -0.4 is 16.2 Å². The quantitative estimate of drug-likeness (QED) is 0.825. The van der Waals surface area contributed by atoms with E-state index in [1.165, 1.54) is 12.1 Å². The first kappa shape index (κ1) is 13.5. The summed E-state index contributed by atoms with van der Waals surface area (Å²) < 4.78 is 29.0. The van der Waals surface area contributed by atoms with E-state index in [-0.39, 0.29) is 4.90 Å². The third-order valence-corrected chi connectivity index (χ3v) is 4.14. The molecule has 0 bridgehead atoms. The second kappa shape index (κ2) is 5.40. The van der Waals surface area contributed by atoms with Crippen molar-refractivity contribution in [2.24, 2.45) is 11.5 Å². The lowest BCUT2D eigenvalue weighted by molar-refractivity contribution is 0.482. The van der Waals surface area contributed by atoms with E-state index in [1.807, 2.05) is 18.2 Å². The number of para-hydroxylation sites is 1. The van der Waals surface area contributed by atoms with Crippen molar-refractivity contribution in [2.45, 2.75) is 10.4 Å². The van der Waals surface area contributed by atoms with Gasteiger partial charge in [-0.05, 0) is 36.4 Å². The SMILES string of the molecule is NC(N)S(=O)(=O)c1ccc(Oc2ccccc2)cc1. The van der Waals surface area contributed by atoms with Crippen molar-refractivity contribution >= 4 is 9.84 Å². The summed E-state index contributed by atoms with van der Waals surface area (Å²) in [7, 11) is -3.67. The van der Waals surface area contributed by atoms with Gasteiger partial charge in [0.15, 0.2) is 5.50 Å². The Balaban J connectivity index is 2.20. The maximum absolute atomic E-state index is 11.7. The molecule has 6 heteroatoms. The molecule has 0 aliphatic heterocycles. The highest BCUT2D eigenvalue weighted by Crippen LogP contribution is 2.23. The van der Waals surface area contributed by atoms with Gasteiger partial charge >= 0.3 is 0 Å². The van der Waals surface area contributed by atoms with Crippen LogP contribution in [-0.2, 0) is 9.84 Å². The first-order chi connectivity index (χ1) is 9.00. The van der Waals surface area contributed by atoms with Crippen LogP contribution in [0.2, 0.25) is 0 Å². The summed E-state index contributed by atoms with van der Waals surface area (Å²) in [5.74, 6) is 1.21. The standard InChI is InChI=1S/C13H14N2O3S/c14-13(15)19(16,17)12-8-6-11(7-9-12)18-10-4-2-1-3-5-10/h1-9,13H,14-15H2. The number of ether oxygens (including phenoxy) is 1. The third kappa shape index (κ3) is 3.11. The molecule has 0 atom stereocenters. The predicted molar refractivity (Wildman–Crippen MR) is 72.3 cm³/mol. The van der Waals surface area contributed by atoms with E-state index in [4.69, 9.17) is 16.2 Å². The second-order valence-corrected chi connectivity index (χ2v) is 6.00. The molecule has 0 aromatic heterocycles. The number of rotatable bonds is 4. The molecule has 4 N–H and O–H groups in total. The molecule has 2 aromatic carbocycles. The fourth-order valence-corrected chi connectivity index (χ4v) is 2.31. The molecule has 0 radical (unpaired) electrons. The van der Waals surface area contributed by atoms with Crippen LogP contribution in [0.1, 0.15) is 0 Å². The molecule has 0 saturated carbocycles. The number of hydrogen-bond donors (Lipinski definition) is 2. The van der Waals surface area contributed by atoms with E-state index in [0.717, 1.165) is 0 Å². The van der Waals surface area contributed by atoms with Crippen molar-refractivity contribution in [3.05, 3.63) is 54.6 Å². The summed E-state index contributed by atoms with van der Waals surface area (Å²) in [5.41, 5.74) is 9.02. The number of benzene rings is 2. The summed E-state index contributed by atoms with van der Waals surface area (Å²) in [5, 5.41) is 0. The maximum atomic E-state index is 11.7. The number of sulfone groups is 1. The fourth-order valence-electron chi connectivity index (χ4n) is 1.48. The monoisotopic (exact) mass is 278 g/mol. The number of hydrogen-bond acceptors (Lipinski definition) is 5. The van der Waals surface area contributed by atoms with E-state index in [0.29, 0.717) is 11.5 Å². The Bertz CT molecular complexity index is 637. The minimum absolute atomic E-state index is 0.0721. The normalized spacial score (nSPS) is 11.5. The minimum Gasteiger partial charge on any atom is -0.457 e. The van der Waals surface area contributed by atoms with Gasteiger partial charge in [0.2, 0.25) is 9.84 Å². The van der Waals surface area contributed by atoms with E-state index in [9.17, 15) is 8.42 Å². The predicted octanol–water partition coefficient (Wildman–Crippen LogP) is 1.45. The van der Waals surface area contributed by atoms with E-state index < -0.39 is 15.3 Å². The lowest BCUT2D eigenvalue weighted by Gasteiger charge is -2.09. The first-order valence-electron chi connectivity index (χ1n) is 5.58. The topological polar surface area (TPSA) is 95.4 Å². The van der Waals surface area contributed by atoms with Crippen LogP contribution in [0.4, 0.5) is 0 Å². The average Bonchev–Trinajstić information content (AvgIpc) is 2.40. The molecule has 0 heterocycles. The molecule has 2 aromatic rings. The molecule has 0 spiro atoms. The maximum Gasteiger partial charge on any atom is 0.207 e. The van der Waals surface area contributed by atoms with Gasteiger partial charge in [0.25, 0.3) is 0 Å². The van der Waals surface area contributed by atoms with Gasteiger partial charge in [-0.3, -0.25) is 0 Å². The van der Waals surface area contributed by atoms with Gasteiger partial charge in [-0.1, -0.05) is 18.2 Å². The smallest absolute Gasteiger partial charge is 0.207 e. The first-order valence-corrected chi connectivity index (χ1v) is 7.13. The summed E-state index contributed by atoms with van der Waals surface area (Å²) in [6, 6.07) is 15.1. The summed E-state index contributed by atoms with van der Waals surface area (Å²) >= 11 is 0. The van der Waals surface area contributed by atoms with Crippen molar-refractivity contribution in [1.29, 1.82) is 0 Å². The van der Waals surface area contributed by atoms with Gasteiger partial charge < -0.3 is 16.2 Å². The van der Waals surface area contributed by atoms with E-state index in [2.05, 4.69) is 0 Å². The van der Waals surface area contributed by atoms with Crippen LogP contribution in [0, 0.1) is 0 Å². The molecule has 0 aliphatic carbocycles. The van der Waals surface area contributed by atoms with Crippen LogP contribution in [0.25, 0.3) is 0 Å². The Morgan fingerprint density at radius 2 is 1.37 bits per heavy atom. The van der Waals surface area contributed by atoms with Gasteiger partial charge in [0.1, 0.15) is 11.5 Å². The average molecular weight is 278 g/mol. The molecule has 100 valence electrons. The minimum atomic E-state index is -3.67. The summed E-state index contributed by atoms with van der Waals surface area (Å²) in [6.07, 6.45) is 0. The van der Waals surface area contributed by atoms with Crippen LogP contribution in [0.5, 0.6) is 11.5 Å².